The molecule has 0 bridgehead atoms. The third-order valence-corrected chi connectivity index (χ3v) is 4.88. The molecule has 1 fully saturated rings. The molecule has 0 amide bonds. The van der Waals surface area contributed by atoms with Gasteiger partial charge in [0.05, 0.1) is 11.2 Å². The van der Waals surface area contributed by atoms with Gasteiger partial charge in [0.1, 0.15) is 0 Å². The summed E-state index contributed by atoms with van der Waals surface area (Å²) >= 11 is 1.41. The fourth-order valence-electron chi connectivity index (χ4n) is 2.31. The quantitative estimate of drug-likeness (QED) is 0.840. The molecule has 0 aliphatic carbocycles. The van der Waals surface area contributed by atoms with Crippen LogP contribution in [0.3, 0.4) is 0 Å². The van der Waals surface area contributed by atoms with Crippen molar-refractivity contribution < 1.29 is 18.3 Å². The van der Waals surface area contributed by atoms with E-state index in [1.54, 1.807) is 6.07 Å². The van der Waals surface area contributed by atoms with E-state index in [2.05, 4.69) is 4.90 Å². The summed E-state index contributed by atoms with van der Waals surface area (Å²) in [5.41, 5.74) is -1.20. The molecule has 6 heteroatoms. The zero-order valence-corrected chi connectivity index (χ0v) is 13.0. The lowest BCUT2D eigenvalue weighted by molar-refractivity contribution is -0.137. The first-order chi connectivity index (χ1) is 9.71. The molecule has 0 aromatic heterocycles. The van der Waals surface area contributed by atoms with Crippen LogP contribution in [0.25, 0.3) is 0 Å². The van der Waals surface area contributed by atoms with Crippen molar-refractivity contribution in [1.29, 1.82) is 0 Å². The fourth-order valence-corrected chi connectivity index (χ4v) is 3.28. The van der Waals surface area contributed by atoms with Crippen molar-refractivity contribution in [2.45, 2.75) is 30.5 Å². The van der Waals surface area contributed by atoms with Crippen LogP contribution in [0, 0.1) is 5.92 Å². The maximum absolute atomic E-state index is 12.6. The number of hydrogen-bond donors (Lipinski definition) is 1. The van der Waals surface area contributed by atoms with Crippen LogP contribution in [0.5, 0.6) is 0 Å². The number of halogens is 3. The van der Waals surface area contributed by atoms with Crippen molar-refractivity contribution in [3.63, 3.8) is 0 Å². The number of alkyl halides is 3. The standard InChI is InChI=1S/C15H20F3NOS/c1-11(2)14(20)9-19(10-14)6-7-21-13-5-3-4-12(8-13)15(16,17)18/h3-5,8,11,20H,6-7,9-10H2,1-2H3. The Labute approximate surface area is 127 Å². The summed E-state index contributed by atoms with van der Waals surface area (Å²) in [4.78, 5) is 2.75. The van der Waals surface area contributed by atoms with Crippen LogP contribution in [0.4, 0.5) is 13.2 Å². The van der Waals surface area contributed by atoms with Gasteiger partial charge in [-0.05, 0) is 24.1 Å². The van der Waals surface area contributed by atoms with Gasteiger partial charge < -0.3 is 5.11 Å². The average molecular weight is 319 g/mol. The second kappa shape index (κ2) is 6.18. The molecule has 0 unspecified atom stereocenters. The molecule has 1 aliphatic heterocycles. The van der Waals surface area contributed by atoms with Gasteiger partial charge in [-0.3, -0.25) is 4.90 Å². The molecule has 1 heterocycles. The van der Waals surface area contributed by atoms with Crippen LogP contribution in [-0.4, -0.2) is 41.0 Å². The molecule has 1 aromatic carbocycles. The number of likely N-dealkylation sites (tertiary alicyclic amines) is 1. The van der Waals surface area contributed by atoms with E-state index in [1.807, 2.05) is 13.8 Å². The second-order valence-corrected chi connectivity index (χ2v) is 7.01. The van der Waals surface area contributed by atoms with Gasteiger partial charge >= 0.3 is 6.18 Å². The highest BCUT2D eigenvalue weighted by atomic mass is 32.2. The Kier molecular flexibility index (Phi) is 4.90. The summed E-state index contributed by atoms with van der Waals surface area (Å²) in [7, 11) is 0. The Hall–Kier alpha value is -0.720. The Morgan fingerprint density at radius 1 is 1.33 bits per heavy atom. The Bertz CT molecular complexity index is 484. The minimum atomic E-state index is -4.29. The summed E-state index contributed by atoms with van der Waals surface area (Å²) in [6, 6.07) is 5.40. The number of rotatable bonds is 5. The molecule has 1 N–H and O–H groups in total. The zero-order valence-electron chi connectivity index (χ0n) is 12.2. The number of β-amino-alcohol motifs (C(OH)–C–C–N with tert-alkyl or cyclic N) is 1. The van der Waals surface area contributed by atoms with E-state index in [1.165, 1.54) is 23.9 Å². The minimum absolute atomic E-state index is 0.227. The van der Waals surface area contributed by atoms with E-state index in [9.17, 15) is 18.3 Å². The van der Waals surface area contributed by atoms with Crippen LogP contribution in [0.1, 0.15) is 19.4 Å². The molecular weight excluding hydrogens is 299 g/mol. The van der Waals surface area contributed by atoms with Crippen molar-refractivity contribution in [3.05, 3.63) is 29.8 Å². The fraction of sp³-hybridized carbons (Fsp3) is 0.600. The first-order valence-corrected chi connectivity index (χ1v) is 7.94. The first kappa shape index (κ1) is 16.6. The van der Waals surface area contributed by atoms with Gasteiger partial charge in [-0.2, -0.15) is 13.2 Å². The summed E-state index contributed by atoms with van der Waals surface area (Å²) < 4.78 is 37.8. The summed E-state index contributed by atoms with van der Waals surface area (Å²) in [6.45, 7) is 6.06. The number of aliphatic hydroxyl groups is 1. The SMILES string of the molecule is CC(C)C1(O)CN(CCSc2cccc(C(F)(F)F)c2)C1. The molecule has 1 aliphatic rings. The molecule has 1 saturated heterocycles. The van der Waals surface area contributed by atoms with Gasteiger partial charge in [-0.1, -0.05) is 19.9 Å². The molecule has 21 heavy (non-hydrogen) atoms. The number of thioether (sulfide) groups is 1. The summed E-state index contributed by atoms with van der Waals surface area (Å²) in [5.74, 6) is 0.944. The van der Waals surface area contributed by atoms with Crippen molar-refractivity contribution >= 4 is 11.8 Å². The number of hydrogen-bond acceptors (Lipinski definition) is 3. The second-order valence-electron chi connectivity index (χ2n) is 5.84. The predicted octanol–water partition coefficient (Wildman–Crippen LogP) is 3.50. The maximum Gasteiger partial charge on any atom is 0.416 e. The van der Waals surface area contributed by atoms with E-state index >= 15 is 0 Å². The van der Waals surface area contributed by atoms with E-state index < -0.39 is 17.3 Å². The van der Waals surface area contributed by atoms with Gasteiger partial charge in [0.2, 0.25) is 0 Å². The average Bonchev–Trinajstić information content (AvgIpc) is 2.35. The van der Waals surface area contributed by atoms with E-state index in [0.29, 0.717) is 18.0 Å². The van der Waals surface area contributed by atoms with Crippen molar-refractivity contribution in [2.24, 2.45) is 5.92 Å². The van der Waals surface area contributed by atoms with Crippen LogP contribution in [0.2, 0.25) is 0 Å². The first-order valence-electron chi connectivity index (χ1n) is 6.95. The Balaban J connectivity index is 1.78. The largest absolute Gasteiger partial charge is 0.416 e. The molecule has 118 valence electrons. The van der Waals surface area contributed by atoms with Gasteiger partial charge in [0.15, 0.2) is 0 Å². The van der Waals surface area contributed by atoms with Crippen molar-refractivity contribution in [1.82, 2.24) is 4.90 Å². The van der Waals surface area contributed by atoms with Crippen LogP contribution < -0.4 is 0 Å². The normalized spacial score (nSPS) is 18.8. The maximum atomic E-state index is 12.6. The molecule has 0 atom stereocenters. The highest BCUT2D eigenvalue weighted by Gasteiger charge is 2.43. The van der Waals surface area contributed by atoms with E-state index in [-0.39, 0.29) is 5.92 Å². The molecule has 1 aromatic rings. The molecular formula is C15H20F3NOS. The predicted molar refractivity (Wildman–Crippen MR) is 78.4 cm³/mol. The minimum Gasteiger partial charge on any atom is -0.387 e. The highest BCUT2D eigenvalue weighted by molar-refractivity contribution is 7.99. The number of nitrogens with zero attached hydrogens (tertiary/aromatic N) is 1. The molecule has 0 spiro atoms. The number of benzene rings is 1. The lowest BCUT2D eigenvalue weighted by Crippen LogP contribution is -2.64. The molecule has 0 saturated carbocycles. The molecule has 2 rings (SSSR count). The zero-order chi connectivity index (χ0) is 15.7. The van der Waals surface area contributed by atoms with Gasteiger partial charge in [-0.25, -0.2) is 0 Å². The van der Waals surface area contributed by atoms with Crippen molar-refractivity contribution in [3.8, 4) is 0 Å². The third-order valence-electron chi connectivity index (χ3n) is 3.91. The summed E-state index contributed by atoms with van der Waals surface area (Å²) in [6.07, 6.45) is -4.29. The lowest BCUT2D eigenvalue weighted by atomic mass is 9.83. The lowest BCUT2D eigenvalue weighted by Gasteiger charge is -2.49. The van der Waals surface area contributed by atoms with Crippen LogP contribution in [-0.2, 0) is 6.18 Å². The summed E-state index contributed by atoms with van der Waals surface area (Å²) in [5, 5.41) is 10.1. The third kappa shape index (κ3) is 4.14. The van der Waals surface area contributed by atoms with E-state index in [4.69, 9.17) is 0 Å². The van der Waals surface area contributed by atoms with Gasteiger partial charge in [0.25, 0.3) is 0 Å². The van der Waals surface area contributed by atoms with Gasteiger partial charge in [-0.15, -0.1) is 11.8 Å². The van der Waals surface area contributed by atoms with Crippen LogP contribution >= 0.6 is 11.8 Å². The smallest absolute Gasteiger partial charge is 0.387 e. The topological polar surface area (TPSA) is 23.5 Å². The Morgan fingerprint density at radius 2 is 2.00 bits per heavy atom. The Morgan fingerprint density at radius 3 is 2.57 bits per heavy atom. The molecule has 0 radical (unpaired) electrons. The van der Waals surface area contributed by atoms with Crippen molar-refractivity contribution in [2.75, 3.05) is 25.4 Å². The molecule has 2 nitrogen and oxygen atoms in total. The van der Waals surface area contributed by atoms with Gasteiger partial charge in [0, 0.05) is 30.3 Å². The van der Waals surface area contributed by atoms with E-state index in [0.717, 1.165) is 18.4 Å². The highest BCUT2D eigenvalue weighted by Crippen LogP contribution is 2.32. The monoisotopic (exact) mass is 319 g/mol. The van der Waals surface area contributed by atoms with Crippen LogP contribution in [0.15, 0.2) is 29.2 Å².